The summed E-state index contributed by atoms with van der Waals surface area (Å²) in [6.07, 6.45) is 10.9. The van der Waals surface area contributed by atoms with Crippen molar-refractivity contribution in [2.45, 2.75) is 40.5 Å². The summed E-state index contributed by atoms with van der Waals surface area (Å²) in [4.78, 5) is 0. The second-order valence-electron chi connectivity index (χ2n) is 16.3. The number of nitrogens with zero attached hydrogens (tertiary/aromatic N) is 3. The van der Waals surface area contributed by atoms with E-state index in [4.69, 9.17) is 4.42 Å². The Balaban J connectivity index is 1.10. The van der Waals surface area contributed by atoms with Crippen LogP contribution in [0.2, 0.25) is 0 Å². The van der Waals surface area contributed by atoms with Crippen LogP contribution < -0.4 is 8.33 Å². The highest BCUT2D eigenvalue weighted by atomic mass is 31.1. The number of aryl methyl sites for hydroxylation is 2. The van der Waals surface area contributed by atoms with Gasteiger partial charge in [0.25, 0.3) is 0 Å². The molecule has 5 aromatic heterocycles. The third kappa shape index (κ3) is 6.13. The highest BCUT2D eigenvalue weighted by Crippen LogP contribution is 2.40. The van der Waals surface area contributed by atoms with Gasteiger partial charge in [-0.2, -0.15) is 0 Å². The summed E-state index contributed by atoms with van der Waals surface area (Å²) in [5.74, 6) is 0. The summed E-state index contributed by atoms with van der Waals surface area (Å²) in [6, 6.07) is 57.7. The zero-order valence-corrected chi connectivity index (χ0v) is 35.8. The SMILES string of the molecule is CCc1c2cccc1n(/C(C)=C/C=C(\C)c1ccc3oc4cc(Cc5ccccc5)c(-c5ccccc5C)cc4c3c1)c1cccc3c4cccc[n+]4p(c31)[n+]1ccccc21. The first-order valence-electron chi connectivity index (χ1n) is 21.3. The van der Waals surface area contributed by atoms with E-state index >= 15 is 0 Å². The Bertz CT molecular complexity index is 3640. The lowest BCUT2D eigenvalue weighted by atomic mass is 9.91. The molecule has 11 rings (SSSR count). The van der Waals surface area contributed by atoms with Crippen LogP contribution in [0.25, 0.3) is 82.3 Å². The highest BCUT2D eigenvalue weighted by Gasteiger charge is 2.28. The number of rotatable bonds is 7. The van der Waals surface area contributed by atoms with Crippen molar-refractivity contribution in [3.05, 3.63) is 210 Å². The topological polar surface area (TPSA) is 26.3 Å². The zero-order valence-electron chi connectivity index (χ0n) is 34.9. The van der Waals surface area contributed by atoms with Crippen LogP contribution in [0.4, 0.5) is 0 Å². The molecular formula is C56H46N3OP+2. The van der Waals surface area contributed by atoms with Crippen LogP contribution >= 0.6 is 7.66 Å². The van der Waals surface area contributed by atoms with Crippen LogP contribution in [-0.2, 0) is 12.8 Å². The fourth-order valence-electron chi connectivity index (χ4n) is 9.59. The van der Waals surface area contributed by atoms with E-state index in [9.17, 15) is 0 Å². The molecule has 0 aliphatic heterocycles. The van der Waals surface area contributed by atoms with Gasteiger partial charge in [-0.25, -0.2) is 0 Å². The van der Waals surface area contributed by atoms with E-state index in [0.29, 0.717) is 0 Å². The Morgan fingerprint density at radius 2 is 1.30 bits per heavy atom. The van der Waals surface area contributed by atoms with E-state index in [1.54, 1.807) is 0 Å². The Morgan fingerprint density at radius 3 is 2.07 bits per heavy atom. The molecule has 2 bridgehead atoms. The smallest absolute Gasteiger partial charge is 0.450 e. The molecule has 1 unspecified atom stereocenters. The van der Waals surface area contributed by atoms with Crippen molar-refractivity contribution >= 4 is 78.8 Å². The lowest BCUT2D eigenvalue weighted by Gasteiger charge is -2.14. The number of benzene rings is 6. The average molecular weight is 808 g/mol. The summed E-state index contributed by atoms with van der Waals surface area (Å²) in [7, 11) is -0.959. The molecule has 0 aliphatic carbocycles. The van der Waals surface area contributed by atoms with Crippen LogP contribution in [-0.4, -0.2) is 4.57 Å². The van der Waals surface area contributed by atoms with Crippen LogP contribution in [0.3, 0.4) is 0 Å². The molecule has 0 N–H and O–H groups in total. The predicted octanol–water partition coefficient (Wildman–Crippen LogP) is 14.3. The van der Waals surface area contributed by atoms with Crippen molar-refractivity contribution in [1.29, 1.82) is 0 Å². The molecule has 0 aliphatic rings. The number of fused-ring (bicyclic) bond motifs is 11. The number of allylic oxidation sites excluding steroid dienone is 4. The number of furan rings is 1. The van der Waals surface area contributed by atoms with Gasteiger partial charge in [-0.05, 0) is 145 Å². The molecule has 5 heterocycles. The van der Waals surface area contributed by atoms with Gasteiger partial charge in [0.15, 0.2) is 17.5 Å². The number of hydrogen-bond donors (Lipinski definition) is 0. The van der Waals surface area contributed by atoms with E-state index in [2.05, 4.69) is 223 Å². The Morgan fingerprint density at radius 1 is 0.607 bits per heavy atom. The number of hydrogen-bond acceptors (Lipinski definition) is 1. The van der Waals surface area contributed by atoms with Crippen LogP contribution in [0.15, 0.2) is 187 Å². The van der Waals surface area contributed by atoms with Gasteiger partial charge < -0.3 is 8.98 Å². The van der Waals surface area contributed by atoms with Crippen LogP contribution in [0.5, 0.6) is 0 Å². The van der Waals surface area contributed by atoms with Crippen molar-refractivity contribution in [2.24, 2.45) is 0 Å². The lowest BCUT2D eigenvalue weighted by molar-refractivity contribution is -0.510. The molecule has 5 heteroatoms. The van der Waals surface area contributed by atoms with Gasteiger partial charge in [0, 0.05) is 46.3 Å². The summed E-state index contributed by atoms with van der Waals surface area (Å²) in [6.45, 7) is 8.98. The first-order valence-corrected chi connectivity index (χ1v) is 22.5. The molecule has 6 aromatic carbocycles. The van der Waals surface area contributed by atoms with Crippen LogP contribution in [0, 0.1) is 6.92 Å². The maximum absolute atomic E-state index is 6.60. The molecule has 0 fully saturated rings. The quantitative estimate of drug-likeness (QED) is 0.147. The van der Waals surface area contributed by atoms with Gasteiger partial charge in [-0.3, -0.25) is 0 Å². The maximum atomic E-state index is 6.60. The monoisotopic (exact) mass is 807 g/mol. The largest absolute Gasteiger partial charge is 0.456 e. The molecule has 4 nitrogen and oxygen atoms in total. The van der Waals surface area contributed by atoms with Gasteiger partial charge in [-0.1, -0.05) is 85.8 Å². The molecule has 0 saturated carbocycles. The van der Waals surface area contributed by atoms with E-state index in [0.717, 1.165) is 40.5 Å². The van der Waals surface area contributed by atoms with Gasteiger partial charge in [0.1, 0.15) is 11.2 Å². The molecule has 0 spiro atoms. The third-order valence-electron chi connectivity index (χ3n) is 12.6. The molecule has 61 heavy (non-hydrogen) atoms. The van der Waals surface area contributed by atoms with Gasteiger partial charge in [0.2, 0.25) is 11.0 Å². The van der Waals surface area contributed by atoms with E-state index in [1.165, 1.54) is 82.5 Å². The summed E-state index contributed by atoms with van der Waals surface area (Å²) in [5, 5.41) is 6.22. The number of aromatic nitrogens is 3. The van der Waals surface area contributed by atoms with Crippen LogP contribution in [0.1, 0.15) is 48.6 Å². The summed E-state index contributed by atoms with van der Waals surface area (Å²) < 4.78 is 14.2. The first kappa shape index (κ1) is 37.0. The second-order valence-corrected chi connectivity index (χ2v) is 18.2. The minimum absolute atomic E-state index is 0.836. The lowest BCUT2D eigenvalue weighted by Crippen LogP contribution is -2.26. The standard InChI is InChI=1S/C56H46N3OP/c1-5-43-45-21-15-25-52(43)59(53-26-16-22-46-51-24-12-14-32-58(51)61(56(46)53)57-31-13-11-23-50(45)57)39(4)28-27-37(2)41-29-30-54-48(34-41)49-36-47(44-20-10-9-17-38(44)3)42(35-55(49)60-54)33-40-18-7-6-8-19-40/h6-32,34-36H,5,33H2,1-4H3/q+2/b37-27+,39-28+. The van der Waals surface area contributed by atoms with E-state index in [1.807, 2.05) is 0 Å². The molecule has 1 atom stereocenters. The predicted molar refractivity (Wildman–Crippen MR) is 256 cm³/mol. The number of pyridine rings is 2. The van der Waals surface area contributed by atoms with Gasteiger partial charge in [-0.15, -0.1) is 8.33 Å². The zero-order chi connectivity index (χ0) is 41.2. The van der Waals surface area contributed by atoms with Crippen molar-refractivity contribution in [2.75, 3.05) is 0 Å². The van der Waals surface area contributed by atoms with E-state index < -0.39 is 7.66 Å². The van der Waals surface area contributed by atoms with Gasteiger partial charge in [0.05, 0.1) is 16.3 Å². The van der Waals surface area contributed by atoms with Crippen molar-refractivity contribution in [3.8, 4) is 11.1 Å². The summed E-state index contributed by atoms with van der Waals surface area (Å²) in [5.41, 5.74) is 18.0. The molecule has 0 radical (unpaired) electrons. The molecular weight excluding hydrogens is 762 g/mol. The van der Waals surface area contributed by atoms with Crippen molar-refractivity contribution in [3.63, 3.8) is 0 Å². The van der Waals surface area contributed by atoms with Crippen molar-refractivity contribution < 1.29 is 12.7 Å². The molecule has 11 aromatic rings. The second kappa shape index (κ2) is 14.9. The highest BCUT2D eigenvalue weighted by molar-refractivity contribution is 7.38. The molecule has 0 amide bonds. The minimum Gasteiger partial charge on any atom is -0.456 e. The Hall–Kier alpha value is -7.00. The normalized spacial score (nSPS) is 12.9. The maximum Gasteiger partial charge on any atom is 0.450 e. The van der Waals surface area contributed by atoms with Gasteiger partial charge >= 0.3 is 7.66 Å². The fraction of sp³-hybridized carbons (Fsp3) is 0.107. The summed E-state index contributed by atoms with van der Waals surface area (Å²) >= 11 is 0. The van der Waals surface area contributed by atoms with E-state index in [-0.39, 0.29) is 0 Å². The average Bonchev–Trinajstić information content (AvgIpc) is 3.83. The third-order valence-corrected chi connectivity index (χ3v) is 15.0. The Kier molecular flexibility index (Phi) is 9.06. The minimum atomic E-state index is -0.959. The fourth-order valence-corrected chi connectivity index (χ4v) is 12.2. The van der Waals surface area contributed by atoms with Crippen molar-refractivity contribution in [1.82, 2.24) is 4.57 Å². The Labute approximate surface area is 356 Å². The molecule has 294 valence electrons. The first-order chi connectivity index (χ1) is 30.0. The molecule has 0 saturated heterocycles.